The van der Waals surface area contributed by atoms with Crippen molar-refractivity contribution in [2.45, 2.75) is 19.8 Å². The Kier molecular flexibility index (Phi) is 2.73. The van der Waals surface area contributed by atoms with Gasteiger partial charge in [0.25, 0.3) is 0 Å². The van der Waals surface area contributed by atoms with Crippen LogP contribution >= 0.6 is 11.3 Å². The fourth-order valence-corrected chi connectivity index (χ4v) is 2.30. The summed E-state index contributed by atoms with van der Waals surface area (Å²) in [7, 11) is 0. The lowest BCUT2D eigenvalue weighted by Crippen LogP contribution is -1.87. The van der Waals surface area contributed by atoms with Crippen molar-refractivity contribution < 1.29 is 0 Å². The van der Waals surface area contributed by atoms with Gasteiger partial charge in [-0.3, -0.25) is 0 Å². The number of benzene rings is 1. The lowest BCUT2D eigenvalue weighted by atomic mass is 10.1. The highest BCUT2D eigenvalue weighted by atomic mass is 32.1. The summed E-state index contributed by atoms with van der Waals surface area (Å²) in [6, 6.07) is 7.84. The molecule has 1 heterocycles. The first-order chi connectivity index (χ1) is 7.16. The molecule has 0 amide bonds. The molecular weight excluding hydrogens is 204 g/mol. The third-order valence-corrected chi connectivity index (χ3v) is 3.18. The first-order valence-corrected chi connectivity index (χ1v) is 5.86. The highest BCUT2D eigenvalue weighted by Crippen LogP contribution is 2.27. The van der Waals surface area contributed by atoms with Gasteiger partial charge >= 0.3 is 0 Å². The van der Waals surface area contributed by atoms with Gasteiger partial charge in [0.1, 0.15) is 5.01 Å². The van der Waals surface area contributed by atoms with Gasteiger partial charge in [-0.15, -0.1) is 11.3 Å². The van der Waals surface area contributed by atoms with E-state index in [0.717, 1.165) is 22.0 Å². The Morgan fingerprint density at radius 1 is 1.20 bits per heavy atom. The van der Waals surface area contributed by atoms with Gasteiger partial charge in [-0.2, -0.15) is 0 Å². The number of nitrogens with zero attached hydrogens (tertiary/aromatic N) is 1. The first kappa shape index (κ1) is 10.2. The van der Waals surface area contributed by atoms with Crippen molar-refractivity contribution in [3.05, 3.63) is 35.3 Å². The summed E-state index contributed by atoms with van der Waals surface area (Å²) in [4.78, 5) is 4.59. The number of anilines is 1. The van der Waals surface area contributed by atoms with E-state index in [1.54, 1.807) is 11.3 Å². The minimum absolute atomic E-state index is 0.490. The van der Waals surface area contributed by atoms with E-state index in [1.807, 2.05) is 24.3 Å². The van der Waals surface area contributed by atoms with Gasteiger partial charge in [-0.1, -0.05) is 13.8 Å². The average Bonchev–Trinajstić information content (AvgIpc) is 2.68. The van der Waals surface area contributed by atoms with E-state index in [4.69, 9.17) is 5.73 Å². The molecule has 0 radical (unpaired) electrons. The Bertz CT molecular complexity index is 443. The summed E-state index contributed by atoms with van der Waals surface area (Å²) in [6.45, 7) is 4.31. The Morgan fingerprint density at radius 2 is 1.87 bits per heavy atom. The molecule has 1 aromatic carbocycles. The van der Waals surface area contributed by atoms with Crippen molar-refractivity contribution in [2.75, 3.05) is 5.73 Å². The van der Waals surface area contributed by atoms with Crippen molar-refractivity contribution in [1.82, 2.24) is 4.98 Å². The summed E-state index contributed by atoms with van der Waals surface area (Å²) >= 11 is 1.68. The van der Waals surface area contributed by atoms with Crippen LogP contribution in [0.3, 0.4) is 0 Å². The minimum atomic E-state index is 0.490. The van der Waals surface area contributed by atoms with Crippen molar-refractivity contribution in [1.29, 1.82) is 0 Å². The molecule has 0 saturated carbocycles. The molecule has 2 N–H and O–H groups in total. The summed E-state index contributed by atoms with van der Waals surface area (Å²) in [5.41, 5.74) is 8.73. The number of nitrogens with two attached hydrogens (primary N) is 1. The first-order valence-electron chi connectivity index (χ1n) is 4.98. The molecule has 1 aromatic heterocycles. The van der Waals surface area contributed by atoms with Crippen LogP contribution in [0.4, 0.5) is 5.69 Å². The average molecular weight is 218 g/mol. The predicted molar refractivity (Wildman–Crippen MR) is 66.1 cm³/mol. The molecule has 2 nitrogen and oxygen atoms in total. The summed E-state index contributed by atoms with van der Waals surface area (Å²) in [6.07, 6.45) is 0. The Balaban J connectivity index is 2.33. The van der Waals surface area contributed by atoms with Crippen LogP contribution in [0.15, 0.2) is 29.6 Å². The second-order valence-electron chi connectivity index (χ2n) is 3.85. The number of hydrogen-bond acceptors (Lipinski definition) is 3. The maximum absolute atomic E-state index is 5.64. The zero-order chi connectivity index (χ0) is 10.8. The van der Waals surface area contributed by atoms with Crippen molar-refractivity contribution in [3.8, 4) is 10.6 Å². The summed E-state index contributed by atoms with van der Waals surface area (Å²) < 4.78 is 0. The molecule has 2 aromatic rings. The largest absolute Gasteiger partial charge is 0.399 e. The normalized spacial score (nSPS) is 10.9. The number of rotatable bonds is 2. The van der Waals surface area contributed by atoms with Crippen molar-refractivity contribution in [3.63, 3.8) is 0 Å². The molecule has 0 bridgehead atoms. The quantitative estimate of drug-likeness (QED) is 0.783. The molecule has 0 spiro atoms. The third kappa shape index (κ3) is 2.18. The second kappa shape index (κ2) is 4.03. The Hall–Kier alpha value is -1.35. The molecule has 0 aliphatic rings. The van der Waals surface area contributed by atoms with Gasteiger partial charge in [-0.05, 0) is 30.2 Å². The fourth-order valence-electron chi connectivity index (χ4n) is 1.31. The number of thiazole rings is 1. The van der Waals surface area contributed by atoms with E-state index in [1.165, 1.54) is 0 Å². The predicted octanol–water partition coefficient (Wildman–Crippen LogP) is 3.52. The zero-order valence-corrected chi connectivity index (χ0v) is 9.71. The van der Waals surface area contributed by atoms with Gasteiger partial charge < -0.3 is 5.73 Å². The smallest absolute Gasteiger partial charge is 0.123 e. The van der Waals surface area contributed by atoms with E-state index in [0.29, 0.717) is 5.92 Å². The van der Waals surface area contributed by atoms with Crippen LogP contribution in [0.2, 0.25) is 0 Å². The SMILES string of the molecule is CC(C)c1csc(-c2ccc(N)cc2)n1. The molecule has 0 atom stereocenters. The molecule has 0 aliphatic carbocycles. The topological polar surface area (TPSA) is 38.9 Å². The number of nitrogen functional groups attached to an aromatic ring is 1. The highest BCUT2D eigenvalue weighted by molar-refractivity contribution is 7.13. The molecule has 0 aliphatic heterocycles. The maximum atomic E-state index is 5.64. The van der Waals surface area contributed by atoms with Crippen LogP contribution in [-0.4, -0.2) is 4.98 Å². The number of aromatic nitrogens is 1. The van der Waals surface area contributed by atoms with Crippen molar-refractivity contribution >= 4 is 17.0 Å². The second-order valence-corrected chi connectivity index (χ2v) is 4.71. The fraction of sp³-hybridized carbons (Fsp3) is 0.250. The number of hydrogen-bond donors (Lipinski definition) is 1. The monoisotopic (exact) mass is 218 g/mol. The van der Waals surface area contributed by atoms with E-state index in [9.17, 15) is 0 Å². The van der Waals surface area contributed by atoms with Crippen LogP contribution in [0, 0.1) is 0 Å². The molecular formula is C12H14N2S. The maximum Gasteiger partial charge on any atom is 0.123 e. The summed E-state index contributed by atoms with van der Waals surface area (Å²) in [5.74, 6) is 0.490. The van der Waals surface area contributed by atoms with Crippen LogP contribution < -0.4 is 5.73 Å². The molecule has 15 heavy (non-hydrogen) atoms. The van der Waals surface area contributed by atoms with Crippen LogP contribution in [0.1, 0.15) is 25.5 Å². The molecule has 3 heteroatoms. The summed E-state index contributed by atoms with van der Waals surface area (Å²) in [5, 5.41) is 3.19. The third-order valence-electron chi connectivity index (χ3n) is 2.27. The van der Waals surface area contributed by atoms with Crippen molar-refractivity contribution in [2.24, 2.45) is 0 Å². The van der Waals surface area contributed by atoms with Gasteiger partial charge in [0, 0.05) is 16.6 Å². The van der Waals surface area contributed by atoms with Gasteiger partial charge in [0.05, 0.1) is 5.69 Å². The molecule has 0 unspecified atom stereocenters. The zero-order valence-electron chi connectivity index (χ0n) is 8.90. The van der Waals surface area contributed by atoms with Crippen LogP contribution in [0.5, 0.6) is 0 Å². The highest BCUT2D eigenvalue weighted by Gasteiger charge is 2.06. The lowest BCUT2D eigenvalue weighted by molar-refractivity contribution is 0.834. The van der Waals surface area contributed by atoms with E-state index in [-0.39, 0.29) is 0 Å². The van der Waals surface area contributed by atoms with E-state index < -0.39 is 0 Å². The Labute approximate surface area is 93.8 Å². The molecule has 2 rings (SSSR count). The van der Waals surface area contributed by atoms with E-state index >= 15 is 0 Å². The lowest BCUT2D eigenvalue weighted by Gasteiger charge is -1.98. The minimum Gasteiger partial charge on any atom is -0.399 e. The molecule has 78 valence electrons. The Morgan fingerprint density at radius 3 is 2.40 bits per heavy atom. The van der Waals surface area contributed by atoms with E-state index in [2.05, 4.69) is 24.2 Å². The van der Waals surface area contributed by atoms with Crippen LogP contribution in [-0.2, 0) is 0 Å². The van der Waals surface area contributed by atoms with Gasteiger partial charge in [0.15, 0.2) is 0 Å². The molecule has 0 saturated heterocycles. The standard InChI is InChI=1S/C12H14N2S/c1-8(2)11-7-15-12(14-11)9-3-5-10(13)6-4-9/h3-8H,13H2,1-2H3. The van der Waals surface area contributed by atoms with Gasteiger partial charge in [-0.25, -0.2) is 4.98 Å². The van der Waals surface area contributed by atoms with Gasteiger partial charge in [0.2, 0.25) is 0 Å². The molecule has 0 fully saturated rings. The van der Waals surface area contributed by atoms with Crippen LogP contribution in [0.25, 0.3) is 10.6 Å².